The van der Waals surface area contributed by atoms with Gasteiger partial charge in [-0.2, -0.15) is 0 Å². The molecule has 1 heterocycles. The van der Waals surface area contributed by atoms with Crippen LogP contribution in [0.25, 0.3) is 0 Å². The molecule has 0 saturated carbocycles. The fourth-order valence-corrected chi connectivity index (χ4v) is 2.99. The Bertz CT molecular complexity index is 503. The van der Waals surface area contributed by atoms with Gasteiger partial charge in [-0.05, 0) is 43.4 Å². The summed E-state index contributed by atoms with van der Waals surface area (Å²) in [6, 6.07) is 3.68. The summed E-state index contributed by atoms with van der Waals surface area (Å²) in [6.45, 7) is 7.63. The quantitative estimate of drug-likeness (QED) is 0.790. The van der Waals surface area contributed by atoms with Crippen molar-refractivity contribution < 1.29 is 13.6 Å². The van der Waals surface area contributed by atoms with Crippen LogP contribution in [0.1, 0.15) is 37.6 Å². The molecule has 1 aliphatic rings. The van der Waals surface area contributed by atoms with Gasteiger partial charge in [0.05, 0.1) is 6.54 Å². The SMILES string of the molecule is CC1CC(C)C(C)N(CC(=O)c2ccc(F)c(F)c2)C1. The molecule has 3 unspecified atom stereocenters. The average molecular weight is 281 g/mol. The first-order valence-corrected chi connectivity index (χ1v) is 7.10. The number of hydrogen-bond acceptors (Lipinski definition) is 2. The van der Waals surface area contributed by atoms with Gasteiger partial charge in [-0.3, -0.25) is 9.69 Å². The molecule has 1 fully saturated rings. The number of rotatable bonds is 3. The van der Waals surface area contributed by atoms with Crippen LogP contribution in [0.2, 0.25) is 0 Å². The van der Waals surface area contributed by atoms with Gasteiger partial charge >= 0.3 is 0 Å². The maximum atomic E-state index is 13.2. The van der Waals surface area contributed by atoms with Crippen molar-refractivity contribution in [3.05, 3.63) is 35.4 Å². The summed E-state index contributed by atoms with van der Waals surface area (Å²) in [7, 11) is 0. The highest BCUT2D eigenvalue weighted by atomic mass is 19.2. The van der Waals surface area contributed by atoms with E-state index in [1.165, 1.54) is 6.07 Å². The summed E-state index contributed by atoms with van der Waals surface area (Å²) in [6.07, 6.45) is 1.16. The molecule has 2 rings (SSSR count). The predicted molar refractivity (Wildman–Crippen MR) is 74.7 cm³/mol. The summed E-state index contributed by atoms with van der Waals surface area (Å²) in [5, 5.41) is 0. The first kappa shape index (κ1) is 15.1. The second-order valence-electron chi connectivity index (χ2n) is 6.04. The van der Waals surface area contributed by atoms with Gasteiger partial charge in [0.1, 0.15) is 0 Å². The summed E-state index contributed by atoms with van der Waals surface area (Å²) < 4.78 is 26.1. The third-order valence-electron chi connectivity index (χ3n) is 4.31. The van der Waals surface area contributed by atoms with Crippen LogP contribution in [0, 0.1) is 23.5 Å². The molecule has 0 amide bonds. The van der Waals surface area contributed by atoms with Crippen LogP contribution in [0.4, 0.5) is 8.78 Å². The molecule has 110 valence electrons. The molecule has 2 nitrogen and oxygen atoms in total. The smallest absolute Gasteiger partial charge is 0.176 e. The number of carbonyl (C=O) groups excluding carboxylic acids is 1. The van der Waals surface area contributed by atoms with Crippen LogP contribution in [-0.4, -0.2) is 29.8 Å². The number of benzene rings is 1. The van der Waals surface area contributed by atoms with E-state index in [4.69, 9.17) is 0 Å². The van der Waals surface area contributed by atoms with Gasteiger partial charge in [0.15, 0.2) is 17.4 Å². The second-order valence-corrected chi connectivity index (χ2v) is 6.04. The lowest BCUT2D eigenvalue weighted by molar-refractivity contribution is 0.0649. The zero-order chi connectivity index (χ0) is 14.9. The highest BCUT2D eigenvalue weighted by Crippen LogP contribution is 2.27. The molecular weight excluding hydrogens is 260 g/mol. The Morgan fingerprint density at radius 2 is 1.95 bits per heavy atom. The van der Waals surface area contributed by atoms with E-state index in [-0.39, 0.29) is 17.9 Å². The molecule has 0 spiro atoms. The molecule has 1 aliphatic heterocycles. The molecule has 0 aliphatic carbocycles. The lowest BCUT2D eigenvalue weighted by Crippen LogP contribution is -2.47. The molecule has 1 aromatic rings. The first-order valence-electron chi connectivity index (χ1n) is 7.10. The molecule has 3 atom stereocenters. The van der Waals surface area contributed by atoms with E-state index < -0.39 is 11.6 Å². The lowest BCUT2D eigenvalue weighted by Gasteiger charge is -2.40. The maximum absolute atomic E-state index is 13.2. The fraction of sp³-hybridized carbons (Fsp3) is 0.562. The number of ketones is 1. The molecule has 20 heavy (non-hydrogen) atoms. The highest BCUT2D eigenvalue weighted by Gasteiger charge is 2.30. The van der Waals surface area contributed by atoms with Crippen molar-refractivity contribution in [1.82, 2.24) is 4.90 Å². The van der Waals surface area contributed by atoms with Crippen LogP contribution in [-0.2, 0) is 0 Å². The van der Waals surface area contributed by atoms with Crippen molar-refractivity contribution in [2.24, 2.45) is 11.8 Å². The minimum absolute atomic E-state index is 0.156. The average Bonchev–Trinajstić information content (AvgIpc) is 2.38. The molecule has 0 aromatic heterocycles. The summed E-state index contributed by atoms with van der Waals surface area (Å²) in [5.74, 6) is -0.952. The van der Waals surface area contributed by atoms with Crippen LogP contribution >= 0.6 is 0 Å². The largest absolute Gasteiger partial charge is 0.293 e. The lowest BCUT2D eigenvalue weighted by atomic mass is 9.86. The minimum Gasteiger partial charge on any atom is -0.293 e. The van der Waals surface area contributed by atoms with Crippen molar-refractivity contribution >= 4 is 5.78 Å². The minimum atomic E-state index is -0.968. The van der Waals surface area contributed by atoms with Crippen molar-refractivity contribution in [2.75, 3.05) is 13.1 Å². The summed E-state index contributed by atoms with van der Waals surface area (Å²) >= 11 is 0. The number of piperidine rings is 1. The summed E-state index contributed by atoms with van der Waals surface area (Å²) in [5.41, 5.74) is 0.238. The van der Waals surface area contributed by atoms with Gasteiger partial charge in [0.25, 0.3) is 0 Å². The Morgan fingerprint density at radius 3 is 2.60 bits per heavy atom. The Labute approximate surface area is 118 Å². The van der Waals surface area contributed by atoms with Crippen LogP contribution in [0.3, 0.4) is 0 Å². The van der Waals surface area contributed by atoms with Gasteiger partial charge in [-0.15, -0.1) is 0 Å². The van der Waals surface area contributed by atoms with Gasteiger partial charge in [0, 0.05) is 18.2 Å². The zero-order valence-corrected chi connectivity index (χ0v) is 12.2. The van der Waals surface area contributed by atoms with Crippen molar-refractivity contribution in [3.8, 4) is 0 Å². The topological polar surface area (TPSA) is 20.3 Å². The fourth-order valence-electron chi connectivity index (χ4n) is 2.99. The van der Waals surface area contributed by atoms with E-state index in [0.717, 1.165) is 25.1 Å². The standard InChI is InChI=1S/C16H21F2NO/c1-10-6-11(2)12(3)19(8-10)9-16(20)13-4-5-14(17)15(18)7-13/h4-5,7,10-12H,6,8-9H2,1-3H3. The first-order chi connectivity index (χ1) is 9.38. The van der Waals surface area contributed by atoms with Crippen molar-refractivity contribution in [1.29, 1.82) is 0 Å². The van der Waals surface area contributed by atoms with Gasteiger partial charge < -0.3 is 0 Å². The Hall–Kier alpha value is -1.29. The number of carbonyl (C=O) groups is 1. The van der Waals surface area contributed by atoms with E-state index in [1.807, 2.05) is 0 Å². The van der Waals surface area contributed by atoms with Crippen LogP contribution in [0.15, 0.2) is 18.2 Å². The molecular formula is C16H21F2NO. The molecule has 1 aromatic carbocycles. The van der Waals surface area contributed by atoms with E-state index in [9.17, 15) is 13.6 Å². The van der Waals surface area contributed by atoms with Gasteiger partial charge in [0.2, 0.25) is 0 Å². The van der Waals surface area contributed by atoms with E-state index in [0.29, 0.717) is 17.9 Å². The van der Waals surface area contributed by atoms with Gasteiger partial charge in [-0.25, -0.2) is 8.78 Å². The molecule has 0 radical (unpaired) electrons. The predicted octanol–water partition coefficient (Wildman–Crippen LogP) is 3.51. The number of hydrogen-bond donors (Lipinski definition) is 0. The monoisotopic (exact) mass is 281 g/mol. The number of likely N-dealkylation sites (tertiary alicyclic amines) is 1. The van der Waals surface area contributed by atoms with Crippen LogP contribution in [0.5, 0.6) is 0 Å². The maximum Gasteiger partial charge on any atom is 0.176 e. The van der Waals surface area contributed by atoms with Crippen molar-refractivity contribution in [2.45, 2.75) is 33.2 Å². The second kappa shape index (κ2) is 6.00. The van der Waals surface area contributed by atoms with Crippen molar-refractivity contribution in [3.63, 3.8) is 0 Å². The molecule has 4 heteroatoms. The van der Waals surface area contributed by atoms with E-state index in [1.54, 1.807) is 0 Å². The molecule has 0 bridgehead atoms. The number of Topliss-reactive ketones (excluding diaryl/α,β-unsaturated/α-hetero) is 1. The third kappa shape index (κ3) is 3.23. The zero-order valence-electron chi connectivity index (χ0n) is 12.2. The normalized spacial score (nSPS) is 27.6. The Balaban J connectivity index is 2.08. The Kier molecular flexibility index (Phi) is 4.53. The van der Waals surface area contributed by atoms with E-state index >= 15 is 0 Å². The van der Waals surface area contributed by atoms with E-state index in [2.05, 4.69) is 25.7 Å². The highest BCUT2D eigenvalue weighted by molar-refractivity contribution is 5.97. The number of halogens is 2. The third-order valence-corrected chi connectivity index (χ3v) is 4.31. The molecule has 1 saturated heterocycles. The van der Waals surface area contributed by atoms with Gasteiger partial charge in [-0.1, -0.05) is 13.8 Å². The Morgan fingerprint density at radius 1 is 1.25 bits per heavy atom. The summed E-state index contributed by atoms with van der Waals surface area (Å²) in [4.78, 5) is 14.3. The number of nitrogens with zero attached hydrogens (tertiary/aromatic N) is 1. The van der Waals surface area contributed by atoms with Crippen LogP contribution < -0.4 is 0 Å². The molecule has 0 N–H and O–H groups in total.